The molecule has 8 heteroatoms. The lowest BCUT2D eigenvalue weighted by atomic mass is 10.0. The van der Waals surface area contributed by atoms with E-state index >= 15 is 0 Å². The lowest BCUT2D eigenvalue weighted by Gasteiger charge is -2.30. The van der Waals surface area contributed by atoms with Gasteiger partial charge in [-0.2, -0.15) is 8.70 Å². The molecule has 1 atom stereocenters. The van der Waals surface area contributed by atoms with Crippen molar-refractivity contribution in [3.8, 4) is 0 Å². The molecule has 1 unspecified atom stereocenters. The molecule has 0 bridgehead atoms. The lowest BCUT2D eigenvalue weighted by molar-refractivity contribution is 0.102. The van der Waals surface area contributed by atoms with Gasteiger partial charge in [-0.1, -0.05) is 6.92 Å². The summed E-state index contributed by atoms with van der Waals surface area (Å²) in [5.41, 5.74) is 0.663. The summed E-state index contributed by atoms with van der Waals surface area (Å²) in [6, 6.07) is 8.46. The van der Waals surface area contributed by atoms with Gasteiger partial charge in [-0.25, -0.2) is 13.4 Å². The molecule has 0 spiro atoms. The second-order valence-electron chi connectivity index (χ2n) is 6.46. The molecule has 6 nitrogen and oxygen atoms in total. The van der Waals surface area contributed by atoms with Crippen LogP contribution in [0.4, 0.5) is 10.1 Å². The lowest BCUT2D eigenvalue weighted by Crippen LogP contribution is -2.39. The summed E-state index contributed by atoms with van der Waals surface area (Å²) in [5.74, 6) is -0.762. The smallest absolute Gasteiger partial charge is 0.257 e. The summed E-state index contributed by atoms with van der Waals surface area (Å²) in [6.07, 6.45) is 3.04. The van der Waals surface area contributed by atoms with Crippen molar-refractivity contribution in [1.82, 2.24) is 9.29 Å². The first kappa shape index (κ1) is 18.5. The van der Waals surface area contributed by atoms with Crippen LogP contribution in [0.3, 0.4) is 0 Å². The Balaban J connectivity index is 1.71. The van der Waals surface area contributed by atoms with Crippen molar-refractivity contribution in [2.24, 2.45) is 5.92 Å². The molecule has 138 valence electrons. The number of benzene rings is 1. The van der Waals surface area contributed by atoms with Crippen LogP contribution in [0, 0.1) is 11.9 Å². The summed E-state index contributed by atoms with van der Waals surface area (Å²) in [4.78, 5) is 15.7. The third-order valence-corrected chi connectivity index (χ3v) is 6.24. The minimum absolute atomic E-state index is 0.202. The fourth-order valence-corrected chi connectivity index (χ4v) is 4.54. The number of piperidine rings is 1. The summed E-state index contributed by atoms with van der Waals surface area (Å²) in [6.45, 7) is 3.10. The molecule has 1 aromatic carbocycles. The molecule has 1 fully saturated rings. The number of sulfonamides is 1. The van der Waals surface area contributed by atoms with Gasteiger partial charge in [0.1, 0.15) is 0 Å². The zero-order chi connectivity index (χ0) is 18.7. The van der Waals surface area contributed by atoms with Crippen LogP contribution in [0.15, 0.2) is 47.5 Å². The second-order valence-corrected chi connectivity index (χ2v) is 8.40. The van der Waals surface area contributed by atoms with Crippen LogP contribution in [-0.2, 0) is 10.0 Å². The van der Waals surface area contributed by atoms with Gasteiger partial charge in [0.2, 0.25) is 16.0 Å². The molecular formula is C18H20FN3O3S. The minimum atomic E-state index is -3.53. The Labute approximate surface area is 152 Å². The zero-order valence-corrected chi connectivity index (χ0v) is 15.2. The molecule has 0 saturated carbocycles. The first-order valence-corrected chi connectivity index (χ1v) is 9.83. The first-order valence-electron chi connectivity index (χ1n) is 8.39. The largest absolute Gasteiger partial charge is 0.322 e. The molecule has 1 N–H and O–H groups in total. The average molecular weight is 377 g/mol. The van der Waals surface area contributed by atoms with Crippen molar-refractivity contribution >= 4 is 21.6 Å². The number of nitrogens with one attached hydrogen (secondary N) is 1. The van der Waals surface area contributed by atoms with E-state index < -0.39 is 21.9 Å². The number of nitrogens with zero attached hydrogens (tertiary/aromatic N) is 2. The summed E-state index contributed by atoms with van der Waals surface area (Å²) in [7, 11) is -3.53. The molecule has 1 aliphatic heterocycles. The van der Waals surface area contributed by atoms with Gasteiger partial charge in [-0.15, -0.1) is 0 Å². The van der Waals surface area contributed by atoms with Crippen LogP contribution in [0.1, 0.15) is 30.1 Å². The topological polar surface area (TPSA) is 79.4 Å². The summed E-state index contributed by atoms with van der Waals surface area (Å²) >= 11 is 0. The van der Waals surface area contributed by atoms with Crippen molar-refractivity contribution in [2.45, 2.75) is 24.7 Å². The van der Waals surface area contributed by atoms with Crippen LogP contribution >= 0.6 is 0 Å². The third-order valence-electron chi connectivity index (χ3n) is 4.36. The molecule has 1 aromatic heterocycles. The molecule has 1 amide bonds. The number of anilines is 1. The SMILES string of the molecule is CC1CCCN(S(=O)(=O)c2ccc(NC(=O)c3ccc(F)nc3)cc2)C1. The van der Waals surface area contributed by atoms with Crippen LogP contribution in [-0.4, -0.2) is 36.7 Å². The van der Waals surface area contributed by atoms with Crippen molar-refractivity contribution in [3.05, 3.63) is 54.1 Å². The van der Waals surface area contributed by atoms with Crippen molar-refractivity contribution < 1.29 is 17.6 Å². The Morgan fingerprint density at radius 3 is 2.58 bits per heavy atom. The van der Waals surface area contributed by atoms with E-state index in [0.29, 0.717) is 24.7 Å². The number of rotatable bonds is 4. The summed E-state index contributed by atoms with van der Waals surface area (Å²) in [5, 5.41) is 2.63. The highest BCUT2D eigenvalue weighted by Gasteiger charge is 2.28. The van der Waals surface area contributed by atoms with Crippen LogP contribution in [0.25, 0.3) is 0 Å². The highest BCUT2D eigenvalue weighted by atomic mass is 32.2. The van der Waals surface area contributed by atoms with Crippen LogP contribution in [0.5, 0.6) is 0 Å². The van der Waals surface area contributed by atoms with E-state index in [1.54, 1.807) is 0 Å². The Kier molecular flexibility index (Phi) is 5.33. The van der Waals surface area contributed by atoms with Gasteiger partial charge in [0.15, 0.2) is 0 Å². The van der Waals surface area contributed by atoms with Crippen molar-refractivity contribution in [2.75, 3.05) is 18.4 Å². The molecular weight excluding hydrogens is 357 g/mol. The zero-order valence-electron chi connectivity index (χ0n) is 14.4. The fourth-order valence-electron chi connectivity index (χ4n) is 2.94. The Morgan fingerprint density at radius 1 is 1.23 bits per heavy atom. The highest BCUT2D eigenvalue weighted by molar-refractivity contribution is 7.89. The predicted octanol–water partition coefficient (Wildman–Crippen LogP) is 2.89. The fraction of sp³-hybridized carbons (Fsp3) is 0.333. The van der Waals surface area contributed by atoms with E-state index in [0.717, 1.165) is 25.1 Å². The van der Waals surface area contributed by atoms with E-state index in [2.05, 4.69) is 10.3 Å². The van der Waals surface area contributed by atoms with Crippen LogP contribution in [0.2, 0.25) is 0 Å². The molecule has 2 aromatic rings. The maximum absolute atomic E-state index is 12.8. The third kappa shape index (κ3) is 4.08. The number of amides is 1. The standard InChI is InChI=1S/C18H20FN3O3S/c1-13-3-2-10-22(12-13)26(24,25)16-7-5-15(6-8-16)21-18(23)14-4-9-17(19)20-11-14/h4-9,11,13H,2-3,10,12H2,1H3,(H,21,23). The second kappa shape index (κ2) is 7.51. The highest BCUT2D eigenvalue weighted by Crippen LogP contribution is 2.24. The Morgan fingerprint density at radius 2 is 1.96 bits per heavy atom. The number of carbonyl (C=O) groups is 1. The van der Waals surface area contributed by atoms with E-state index in [1.807, 2.05) is 6.92 Å². The van der Waals surface area contributed by atoms with Gasteiger partial charge in [-0.3, -0.25) is 4.79 Å². The maximum atomic E-state index is 12.8. The van der Waals surface area contributed by atoms with Gasteiger partial charge in [0.25, 0.3) is 5.91 Å². The minimum Gasteiger partial charge on any atom is -0.322 e. The normalized spacial score (nSPS) is 18.5. The number of halogens is 1. The molecule has 1 saturated heterocycles. The molecule has 0 aliphatic carbocycles. The molecule has 0 radical (unpaired) electrons. The molecule has 1 aliphatic rings. The number of carbonyl (C=O) groups excluding carboxylic acids is 1. The van der Waals surface area contributed by atoms with Crippen LogP contribution < -0.4 is 5.32 Å². The van der Waals surface area contributed by atoms with Gasteiger partial charge in [0.05, 0.1) is 10.5 Å². The van der Waals surface area contributed by atoms with Gasteiger partial charge < -0.3 is 5.32 Å². The van der Waals surface area contributed by atoms with E-state index in [4.69, 9.17) is 0 Å². The van der Waals surface area contributed by atoms with E-state index in [1.165, 1.54) is 34.6 Å². The number of hydrogen-bond acceptors (Lipinski definition) is 4. The van der Waals surface area contributed by atoms with E-state index in [-0.39, 0.29) is 10.5 Å². The maximum Gasteiger partial charge on any atom is 0.257 e. The van der Waals surface area contributed by atoms with E-state index in [9.17, 15) is 17.6 Å². The summed E-state index contributed by atoms with van der Waals surface area (Å²) < 4.78 is 39.7. The molecule has 3 rings (SSSR count). The van der Waals surface area contributed by atoms with Gasteiger partial charge in [-0.05, 0) is 55.2 Å². The van der Waals surface area contributed by atoms with Crippen molar-refractivity contribution in [1.29, 1.82) is 0 Å². The number of pyridine rings is 1. The number of aromatic nitrogens is 1. The predicted molar refractivity (Wildman–Crippen MR) is 95.7 cm³/mol. The molecule has 26 heavy (non-hydrogen) atoms. The Hall–Kier alpha value is -2.32. The quantitative estimate of drug-likeness (QED) is 0.831. The van der Waals surface area contributed by atoms with Gasteiger partial charge in [0, 0.05) is 25.0 Å². The monoisotopic (exact) mass is 377 g/mol. The van der Waals surface area contributed by atoms with Crippen molar-refractivity contribution in [3.63, 3.8) is 0 Å². The van der Waals surface area contributed by atoms with Gasteiger partial charge >= 0.3 is 0 Å². The first-order chi connectivity index (χ1) is 12.4. The average Bonchev–Trinajstić information content (AvgIpc) is 2.62. The Bertz CT molecular complexity index is 883. The number of hydrogen-bond donors (Lipinski definition) is 1. The molecule has 2 heterocycles.